The first-order chi connectivity index (χ1) is 21.5. The minimum absolute atomic E-state index is 0.0858. The summed E-state index contributed by atoms with van der Waals surface area (Å²) in [7, 11) is 0. The highest BCUT2D eigenvalue weighted by atomic mass is 32.1. The SMILES string of the molecule is CCN(CC)c1ccc(C(c2ccc(N(CC)CC)cc2)c2sc(N(CC)c3ccccc3C)nc2C2C=CC=CC2)cc1. The third-order valence-corrected chi connectivity index (χ3v) is 10.1. The molecule has 4 nitrogen and oxygen atoms in total. The Morgan fingerprint density at radius 1 is 0.727 bits per heavy atom. The first-order valence-corrected chi connectivity index (χ1v) is 17.2. The molecule has 0 spiro atoms. The Labute approximate surface area is 269 Å². The maximum Gasteiger partial charge on any atom is 0.190 e. The zero-order chi connectivity index (χ0) is 31.1. The van der Waals surface area contributed by atoms with Gasteiger partial charge in [-0.25, -0.2) is 4.98 Å². The Kier molecular flexibility index (Phi) is 10.6. The molecular weight excluding hydrogens is 557 g/mol. The van der Waals surface area contributed by atoms with Crippen LogP contribution in [0.5, 0.6) is 0 Å². The molecule has 0 saturated heterocycles. The van der Waals surface area contributed by atoms with E-state index in [0.717, 1.165) is 44.3 Å². The van der Waals surface area contributed by atoms with Gasteiger partial charge >= 0.3 is 0 Å². The van der Waals surface area contributed by atoms with Gasteiger partial charge in [-0.15, -0.1) is 11.3 Å². The molecule has 3 aromatic carbocycles. The highest BCUT2D eigenvalue weighted by Crippen LogP contribution is 2.45. The van der Waals surface area contributed by atoms with Crippen molar-refractivity contribution in [3.63, 3.8) is 0 Å². The van der Waals surface area contributed by atoms with Gasteiger partial charge in [0.15, 0.2) is 5.13 Å². The van der Waals surface area contributed by atoms with E-state index < -0.39 is 0 Å². The molecule has 1 atom stereocenters. The van der Waals surface area contributed by atoms with Crippen LogP contribution < -0.4 is 14.7 Å². The van der Waals surface area contributed by atoms with E-state index in [9.17, 15) is 0 Å². The summed E-state index contributed by atoms with van der Waals surface area (Å²) in [6.07, 6.45) is 9.92. The third kappa shape index (κ3) is 6.63. The van der Waals surface area contributed by atoms with Crippen LogP contribution in [0.3, 0.4) is 0 Å². The predicted molar refractivity (Wildman–Crippen MR) is 193 cm³/mol. The lowest BCUT2D eigenvalue weighted by molar-refractivity contribution is 0.796. The van der Waals surface area contributed by atoms with Crippen LogP contribution in [-0.2, 0) is 0 Å². The fraction of sp³-hybridized carbons (Fsp3) is 0.359. The normalized spacial score (nSPS) is 14.3. The summed E-state index contributed by atoms with van der Waals surface area (Å²) in [6.45, 7) is 18.2. The number of aromatic nitrogens is 1. The Bertz CT molecular complexity index is 1490. The number of allylic oxidation sites excluding steroid dienone is 4. The molecule has 1 aromatic heterocycles. The molecule has 0 bridgehead atoms. The van der Waals surface area contributed by atoms with Crippen molar-refractivity contribution in [2.45, 2.75) is 59.8 Å². The first kappa shape index (κ1) is 31.6. The lowest BCUT2D eigenvalue weighted by atomic mass is 9.85. The number of rotatable bonds is 13. The lowest BCUT2D eigenvalue weighted by Crippen LogP contribution is -2.22. The number of para-hydroxylation sites is 1. The third-order valence-electron chi connectivity index (χ3n) is 8.93. The van der Waals surface area contributed by atoms with E-state index in [-0.39, 0.29) is 11.8 Å². The van der Waals surface area contributed by atoms with Crippen LogP contribution in [0.4, 0.5) is 22.2 Å². The minimum atomic E-state index is 0.0858. The van der Waals surface area contributed by atoms with Crippen molar-refractivity contribution in [3.8, 4) is 0 Å². The van der Waals surface area contributed by atoms with E-state index >= 15 is 0 Å². The molecule has 0 fully saturated rings. The summed E-state index contributed by atoms with van der Waals surface area (Å²) >= 11 is 1.86. The molecular formula is C39H48N4S. The second-order valence-electron chi connectivity index (χ2n) is 11.4. The van der Waals surface area contributed by atoms with Crippen LogP contribution in [-0.4, -0.2) is 37.7 Å². The molecule has 1 aliphatic carbocycles. The summed E-state index contributed by atoms with van der Waals surface area (Å²) in [5.74, 6) is 0.339. The van der Waals surface area contributed by atoms with E-state index in [4.69, 9.17) is 4.98 Å². The van der Waals surface area contributed by atoms with Gasteiger partial charge in [-0.3, -0.25) is 0 Å². The van der Waals surface area contributed by atoms with Crippen molar-refractivity contribution < 1.29 is 0 Å². The maximum absolute atomic E-state index is 5.48. The molecule has 0 N–H and O–H groups in total. The van der Waals surface area contributed by atoms with Gasteiger partial charge in [0.2, 0.25) is 0 Å². The van der Waals surface area contributed by atoms with Crippen molar-refractivity contribution in [1.82, 2.24) is 4.98 Å². The van der Waals surface area contributed by atoms with Crippen LogP contribution in [0.1, 0.15) is 80.1 Å². The fourth-order valence-corrected chi connectivity index (χ4v) is 7.78. The quantitative estimate of drug-likeness (QED) is 0.151. The van der Waals surface area contributed by atoms with Crippen molar-refractivity contribution in [2.24, 2.45) is 0 Å². The van der Waals surface area contributed by atoms with Crippen LogP contribution >= 0.6 is 11.3 Å². The number of hydrogen-bond donors (Lipinski definition) is 0. The average molecular weight is 605 g/mol. The van der Waals surface area contributed by atoms with E-state index in [1.165, 1.54) is 44.3 Å². The van der Waals surface area contributed by atoms with Crippen molar-refractivity contribution >= 4 is 33.5 Å². The van der Waals surface area contributed by atoms with Gasteiger partial charge < -0.3 is 14.7 Å². The first-order valence-electron chi connectivity index (χ1n) is 16.4. The zero-order valence-corrected chi connectivity index (χ0v) is 28.1. The zero-order valence-electron chi connectivity index (χ0n) is 27.3. The number of aryl methyl sites for hydroxylation is 1. The molecule has 5 rings (SSSR count). The number of hydrogen-bond acceptors (Lipinski definition) is 5. The van der Waals surface area contributed by atoms with Gasteiger partial charge in [0, 0.05) is 66.5 Å². The predicted octanol–water partition coefficient (Wildman–Crippen LogP) is 10.1. The fourth-order valence-electron chi connectivity index (χ4n) is 6.41. The Balaban J connectivity index is 1.68. The summed E-state index contributed by atoms with van der Waals surface area (Å²) < 4.78 is 0. The van der Waals surface area contributed by atoms with Crippen LogP contribution in [0.25, 0.3) is 0 Å². The minimum Gasteiger partial charge on any atom is -0.372 e. The molecule has 4 aromatic rings. The highest BCUT2D eigenvalue weighted by Gasteiger charge is 2.29. The van der Waals surface area contributed by atoms with Gasteiger partial charge in [-0.2, -0.15) is 0 Å². The Hall–Kier alpha value is -3.83. The Morgan fingerprint density at radius 3 is 1.77 bits per heavy atom. The lowest BCUT2D eigenvalue weighted by Gasteiger charge is -2.25. The molecule has 44 heavy (non-hydrogen) atoms. The summed E-state index contributed by atoms with van der Waals surface area (Å²) in [6, 6.07) is 27.2. The van der Waals surface area contributed by atoms with Crippen LogP contribution in [0.2, 0.25) is 0 Å². The smallest absolute Gasteiger partial charge is 0.190 e. The molecule has 230 valence electrons. The highest BCUT2D eigenvalue weighted by molar-refractivity contribution is 7.16. The van der Waals surface area contributed by atoms with E-state index in [2.05, 4.69) is 153 Å². The Morgan fingerprint density at radius 2 is 1.30 bits per heavy atom. The number of anilines is 4. The van der Waals surface area contributed by atoms with Gasteiger partial charge in [-0.1, -0.05) is 66.8 Å². The molecule has 0 amide bonds. The van der Waals surface area contributed by atoms with Gasteiger partial charge in [0.1, 0.15) is 0 Å². The second-order valence-corrected chi connectivity index (χ2v) is 12.4. The molecule has 1 heterocycles. The second kappa shape index (κ2) is 14.8. The molecule has 0 radical (unpaired) electrons. The molecule has 1 aliphatic rings. The average Bonchev–Trinajstić information content (AvgIpc) is 3.50. The van der Waals surface area contributed by atoms with Crippen molar-refractivity contribution in [2.75, 3.05) is 47.4 Å². The number of thiazole rings is 1. The van der Waals surface area contributed by atoms with E-state index in [1.807, 2.05) is 11.3 Å². The summed E-state index contributed by atoms with van der Waals surface area (Å²) in [5.41, 5.74) is 8.86. The topological polar surface area (TPSA) is 22.6 Å². The number of benzene rings is 3. The molecule has 1 unspecified atom stereocenters. The van der Waals surface area contributed by atoms with Crippen LogP contribution in [0, 0.1) is 6.92 Å². The molecule has 5 heteroatoms. The van der Waals surface area contributed by atoms with Gasteiger partial charge in [0.25, 0.3) is 0 Å². The van der Waals surface area contributed by atoms with Crippen molar-refractivity contribution in [1.29, 1.82) is 0 Å². The standard InChI is InChI=1S/C39H48N4S/c1-7-41(8-2)33-25-21-30(22-26-33)36(31-23-27-34(28-24-31)42(9-3)10-4)38-37(32-18-13-12-14-19-32)40-39(44-38)43(11-5)35-20-16-15-17-29(35)6/h12-18,20-28,32,36H,7-11,19H2,1-6H3. The van der Waals surface area contributed by atoms with Gasteiger partial charge in [-0.05, 0) is 95.0 Å². The van der Waals surface area contributed by atoms with Crippen LogP contribution in [0.15, 0.2) is 97.1 Å². The monoisotopic (exact) mass is 604 g/mol. The van der Waals surface area contributed by atoms with Crippen molar-refractivity contribution in [3.05, 3.63) is 124 Å². The molecule has 0 aliphatic heterocycles. The summed E-state index contributed by atoms with van der Waals surface area (Å²) in [5, 5.41) is 1.07. The largest absolute Gasteiger partial charge is 0.372 e. The van der Waals surface area contributed by atoms with E-state index in [0.29, 0.717) is 0 Å². The summed E-state index contributed by atoms with van der Waals surface area (Å²) in [4.78, 5) is 14.0. The van der Waals surface area contributed by atoms with Gasteiger partial charge in [0.05, 0.1) is 5.69 Å². The molecule has 0 saturated carbocycles. The van der Waals surface area contributed by atoms with E-state index in [1.54, 1.807) is 0 Å². The number of nitrogens with zero attached hydrogens (tertiary/aromatic N) is 4. The maximum atomic E-state index is 5.48.